The molecule has 2 aromatic rings. The number of hydrogen-bond acceptors (Lipinski definition) is 5. The Kier molecular flexibility index (Phi) is 7.20. The highest BCUT2D eigenvalue weighted by atomic mass is 127. The number of aliphatic hydroxyl groups excluding tert-OH is 1. The predicted octanol–water partition coefficient (Wildman–Crippen LogP) is 3.65. The monoisotopic (exact) mass is 578 g/mol. The Labute approximate surface area is 203 Å². The molecule has 2 aliphatic heterocycles. The van der Waals surface area contributed by atoms with E-state index in [-0.39, 0.29) is 24.3 Å². The number of likely N-dealkylation sites (tertiary alicyclic amines) is 2. The average Bonchev–Trinajstić information content (AvgIpc) is 3.36. The van der Waals surface area contributed by atoms with Gasteiger partial charge in [0.2, 0.25) is 0 Å². The number of imidazole rings is 1. The highest BCUT2D eigenvalue weighted by Gasteiger charge is 2.35. The lowest BCUT2D eigenvalue weighted by molar-refractivity contribution is -0.274. The van der Waals surface area contributed by atoms with Crippen LogP contribution in [-0.4, -0.2) is 75.1 Å². The lowest BCUT2D eigenvalue weighted by Gasteiger charge is -2.39. The number of piperidine rings is 1. The van der Waals surface area contributed by atoms with E-state index in [9.17, 15) is 23.1 Å². The van der Waals surface area contributed by atoms with Gasteiger partial charge in [0, 0.05) is 37.8 Å². The molecule has 2 aliphatic rings. The van der Waals surface area contributed by atoms with Crippen LogP contribution in [-0.2, 0) is 7.05 Å². The normalized spacial score (nSPS) is 20.4. The summed E-state index contributed by atoms with van der Waals surface area (Å²) < 4.78 is 43.9. The SMILES string of the molecule is Cn1c(-c2cccc(OC(F)(F)F)c2)nc(I)c1C(=O)N1CCC(N2CCC[C@@H]2CO)CC1. The van der Waals surface area contributed by atoms with Crippen molar-refractivity contribution in [3.8, 4) is 17.1 Å². The Balaban J connectivity index is 1.48. The van der Waals surface area contributed by atoms with Gasteiger partial charge in [-0.25, -0.2) is 4.98 Å². The molecule has 2 saturated heterocycles. The number of alkyl halides is 3. The van der Waals surface area contributed by atoms with Crippen molar-refractivity contribution in [3.05, 3.63) is 33.7 Å². The van der Waals surface area contributed by atoms with Gasteiger partial charge in [-0.1, -0.05) is 12.1 Å². The first-order valence-electron chi connectivity index (χ1n) is 10.9. The highest BCUT2D eigenvalue weighted by Crippen LogP contribution is 2.30. The van der Waals surface area contributed by atoms with Crippen LogP contribution in [0.2, 0.25) is 0 Å². The van der Waals surface area contributed by atoms with E-state index in [2.05, 4.69) is 14.6 Å². The van der Waals surface area contributed by atoms with Crippen LogP contribution >= 0.6 is 22.6 Å². The summed E-state index contributed by atoms with van der Waals surface area (Å²) in [5, 5.41) is 9.61. The van der Waals surface area contributed by atoms with Crippen molar-refractivity contribution < 1.29 is 27.8 Å². The van der Waals surface area contributed by atoms with E-state index in [0.717, 1.165) is 32.2 Å². The van der Waals surface area contributed by atoms with E-state index in [4.69, 9.17) is 0 Å². The molecule has 0 unspecified atom stereocenters. The molecule has 11 heteroatoms. The third-order valence-electron chi connectivity index (χ3n) is 6.44. The molecule has 0 spiro atoms. The van der Waals surface area contributed by atoms with Crippen LogP contribution < -0.4 is 4.74 Å². The van der Waals surface area contributed by atoms with Crippen LogP contribution in [0.15, 0.2) is 24.3 Å². The van der Waals surface area contributed by atoms with Crippen LogP contribution in [0.4, 0.5) is 13.2 Å². The summed E-state index contributed by atoms with van der Waals surface area (Å²) in [5.41, 5.74) is 0.847. The van der Waals surface area contributed by atoms with Crippen LogP contribution in [0.1, 0.15) is 36.2 Å². The fraction of sp³-hybridized carbons (Fsp3) is 0.545. The quantitative estimate of drug-likeness (QED) is 0.549. The molecule has 4 rings (SSSR count). The molecule has 1 aromatic carbocycles. The third kappa shape index (κ3) is 5.29. The standard InChI is InChI=1S/C22H26F3IN4O3/c1-28-18(19(26)27-20(28)14-4-2-6-17(12-14)33-22(23,24)25)21(32)29-10-7-15(8-11-29)30-9-3-5-16(30)13-31/h2,4,6,12,15-16,31H,3,5,7-11,13H2,1H3/t16-/m1/s1. The van der Waals surface area contributed by atoms with E-state index in [1.54, 1.807) is 17.7 Å². The van der Waals surface area contributed by atoms with E-state index < -0.39 is 6.36 Å². The van der Waals surface area contributed by atoms with Gasteiger partial charge in [-0.3, -0.25) is 9.69 Å². The second kappa shape index (κ2) is 9.79. The molecule has 3 heterocycles. The summed E-state index contributed by atoms with van der Waals surface area (Å²) in [6.45, 7) is 2.39. The van der Waals surface area contributed by atoms with Crippen molar-refractivity contribution in [1.82, 2.24) is 19.4 Å². The fourth-order valence-corrected chi connectivity index (χ4v) is 5.69. The molecule has 33 heavy (non-hydrogen) atoms. The third-order valence-corrected chi connectivity index (χ3v) is 7.19. The minimum atomic E-state index is -4.78. The second-order valence-corrected chi connectivity index (χ2v) is 9.47. The van der Waals surface area contributed by atoms with Crippen molar-refractivity contribution in [1.29, 1.82) is 0 Å². The van der Waals surface area contributed by atoms with Crippen molar-refractivity contribution in [2.45, 2.75) is 44.1 Å². The lowest BCUT2D eigenvalue weighted by atomic mass is 10.0. The predicted molar refractivity (Wildman–Crippen MR) is 124 cm³/mol. The van der Waals surface area contributed by atoms with Crippen LogP contribution in [0.3, 0.4) is 0 Å². The Morgan fingerprint density at radius 2 is 1.97 bits per heavy atom. The minimum absolute atomic E-state index is 0.137. The Bertz CT molecular complexity index is 1010. The summed E-state index contributed by atoms with van der Waals surface area (Å²) in [6, 6.07) is 6.17. The molecule has 0 aliphatic carbocycles. The number of nitrogens with zero attached hydrogens (tertiary/aromatic N) is 4. The highest BCUT2D eigenvalue weighted by molar-refractivity contribution is 14.1. The van der Waals surface area contributed by atoms with Gasteiger partial charge in [0.15, 0.2) is 0 Å². The molecule has 1 atom stereocenters. The number of rotatable bonds is 5. The molecule has 180 valence electrons. The minimum Gasteiger partial charge on any atom is -0.406 e. The first-order valence-corrected chi connectivity index (χ1v) is 12.0. The van der Waals surface area contributed by atoms with Crippen molar-refractivity contribution in [2.24, 2.45) is 7.05 Å². The first kappa shape index (κ1) is 24.3. The molecular formula is C22H26F3IN4O3. The summed E-state index contributed by atoms with van der Waals surface area (Å²) in [6.07, 6.45) is -0.981. The summed E-state index contributed by atoms with van der Waals surface area (Å²) in [4.78, 5) is 22.0. The zero-order valence-electron chi connectivity index (χ0n) is 18.2. The first-order chi connectivity index (χ1) is 15.7. The van der Waals surface area contributed by atoms with Gasteiger partial charge in [0.05, 0.1) is 6.61 Å². The van der Waals surface area contributed by atoms with Crippen LogP contribution in [0, 0.1) is 3.70 Å². The van der Waals surface area contributed by atoms with Gasteiger partial charge in [0.1, 0.15) is 21.0 Å². The van der Waals surface area contributed by atoms with Gasteiger partial charge in [-0.15, -0.1) is 13.2 Å². The molecule has 0 saturated carbocycles. The zero-order chi connectivity index (χ0) is 23.8. The number of carbonyl (C=O) groups excluding carboxylic acids is 1. The summed E-state index contributed by atoms with van der Waals surface area (Å²) in [7, 11) is 1.69. The van der Waals surface area contributed by atoms with E-state index >= 15 is 0 Å². The molecule has 0 bridgehead atoms. The van der Waals surface area contributed by atoms with Crippen LogP contribution in [0.25, 0.3) is 11.4 Å². The van der Waals surface area contributed by atoms with Crippen LogP contribution in [0.5, 0.6) is 5.75 Å². The maximum Gasteiger partial charge on any atom is 0.573 e. The molecule has 7 nitrogen and oxygen atoms in total. The molecule has 0 radical (unpaired) electrons. The summed E-state index contributed by atoms with van der Waals surface area (Å²) in [5.74, 6) is -0.0777. The molecule has 2 fully saturated rings. The number of carbonyl (C=O) groups is 1. The van der Waals surface area contributed by atoms with Crippen molar-refractivity contribution >= 4 is 28.5 Å². The smallest absolute Gasteiger partial charge is 0.406 e. The fourth-order valence-electron chi connectivity index (χ4n) is 4.87. The van der Waals surface area contributed by atoms with E-state index in [1.165, 1.54) is 18.2 Å². The largest absolute Gasteiger partial charge is 0.573 e. The van der Waals surface area contributed by atoms with E-state index in [1.807, 2.05) is 27.5 Å². The van der Waals surface area contributed by atoms with Crippen molar-refractivity contribution in [2.75, 3.05) is 26.2 Å². The number of aliphatic hydroxyl groups is 1. The topological polar surface area (TPSA) is 70.8 Å². The van der Waals surface area contributed by atoms with Gasteiger partial charge < -0.3 is 19.3 Å². The maximum absolute atomic E-state index is 13.3. The van der Waals surface area contributed by atoms with Gasteiger partial charge in [-0.2, -0.15) is 0 Å². The van der Waals surface area contributed by atoms with Crippen molar-refractivity contribution in [3.63, 3.8) is 0 Å². The number of hydrogen-bond donors (Lipinski definition) is 1. The summed E-state index contributed by atoms with van der Waals surface area (Å²) >= 11 is 1.99. The Hall–Kier alpha value is -1.86. The molecule has 1 amide bonds. The average molecular weight is 578 g/mol. The Morgan fingerprint density at radius 3 is 2.64 bits per heavy atom. The molecule has 1 aromatic heterocycles. The molecular weight excluding hydrogens is 552 g/mol. The number of benzene rings is 1. The molecule has 1 N–H and O–H groups in total. The maximum atomic E-state index is 13.3. The second-order valence-electron chi connectivity index (χ2n) is 8.45. The number of ether oxygens (including phenoxy) is 1. The zero-order valence-corrected chi connectivity index (χ0v) is 20.3. The lowest BCUT2D eigenvalue weighted by Crippen LogP contribution is -2.49. The Morgan fingerprint density at radius 1 is 1.24 bits per heavy atom. The number of amides is 1. The van der Waals surface area contributed by atoms with Gasteiger partial charge in [0.25, 0.3) is 5.91 Å². The number of aromatic nitrogens is 2. The van der Waals surface area contributed by atoms with Gasteiger partial charge in [-0.05, 0) is 67.0 Å². The van der Waals surface area contributed by atoms with E-state index in [0.29, 0.717) is 39.9 Å². The number of halogens is 4. The van der Waals surface area contributed by atoms with Gasteiger partial charge >= 0.3 is 6.36 Å².